The van der Waals surface area contributed by atoms with Gasteiger partial charge in [-0.15, -0.1) is 0 Å². The highest BCUT2D eigenvalue weighted by Gasteiger charge is 2.12. The Morgan fingerprint density at radius 2 is 2.04 bits per heavy atom. The molecule has 0 bridgehead atoms. The summed E-state index contributed by atoms with van der Waals surface area (Å²) in [5.41, 5.74) is 2.82. The maximum atomic E-state index is 12.4. The number of furan rings is 1. The molecule has 0 aliphatic heterocycles. The van der Waals surface area contributed by atoms with Crippen molar-refractivity contribution in [2.45, 2.75) is 24.0 Å². The molecule has 1 amide bonds. The first-order valence-electron chi connectivity index (χ1n) is 8.24. The van der Waals surface area contributed by atoms with E-state index in [1.165, 1.54) is 17.8 Å². The molecule has 0 atom stereocenters. The van der Waals surface area contributed by atoms with E-state index in [1.54, 1.807) is 18.3 Å². The van der Waals surface area contributed by atoms with E-state index >= 15 is 0 Å². The Morgan fingerprint density at radius 3 is 2.74 bits per heavy atom. The number of rotatable bonds is 5. The molecule has 3 aromatic rings. The lowest BCUT2D eigenvalue weighted by Gasteiger charge is -2.06. The lowest BCUT2D eigenvalue weighted by atomic mass is 10.1. The van der Waals surface area contributed by atoms with Crippen LogP contribution in [0, 0.1) is 25.2 Å². The van der Waals surface area contributed by atoms with Crippen LogP contribution in [0.15, 0.2) is 74.8 Å². The number of aryl methyl sites for hydroxylation is 2. The summed E-state index contributed by atoms with van der Waals surface area (Å²) in [5.74, 6) is -0.0451. The summed E-state index contributed by atoms with van der Waals surface area (Å²) in [6.07, 6.45) is 3.13. The van der Waals surface area contributed by atoms with Crippen LogP contribution in [0.1, 0.15) is 16.9 Å². The number of pyridine rings is 1. The normalized spacial score (nSPS) is 11.1. The van der Waals surface area contributed by atoms with Gasteiger partial charge < -0.3 is 9.73 Å². The minimum Gasteiger partial charge on any atom is -0.450 e. The lowest BCUT2D eigenvalue weighted by Crippen LogP contribution is -2.13. The number of hydrogen-bond donors (Lipinski definition) is 1. The minimum atomic E-state index is -0.476. The Labute approximate surface area is 161 Å². The summed E-state index contributed by atoms with van der Waals surface area (Å²) in [7, 11) is 0. The average molecular weight is 375 g/mol. The molecule has 2 aromatic heterocycles. The standard InChI is InChI=1S/C21H17N3O2S/c1-14-6-7-17(11-15(14)2)24-21(25)16(13-22)12-18-8-9-20(26-18)27-19-5-3-4-10-23-19/h3-12H,1-2H3,(H,24,25)/b16-12+. The second kappa shape index (κ2) is 8.39. The van der Waals surface area contributed by atoms with Gasteiger partial charge in [0.1, 0.15) is 22.4 Å². The maximum absolute atomic E-state index is 12.4. The van der Waals surface area contributed by atoms with Crippen molar-refractivity contribution in [2.24, 2.45) is 0 Å². The van der Waals surface area contributed by atoms with Gasteiger partial charge in [-0.1, -0.05) is 12.1 Å². The molecule has 3 rings (SSSR count). The maximum Gasteiger partial charge on any atom is 0.266 e. The fraction of sp³-hybridized carbons (Fsp3) is 0.0952. The van der Waals surface area contributed by atoms with Crippen LogP contribution in [0.3, 0.4) is 0 Å². The van der Waals surface area contributed by atoms with Crippen LogP contribution in [0.2, 0.25) is 0 Å². The highest BCUT2D eigenvalue weighted by molar-refractivity contribution is 7.99. The lowest BCUT2D eigenvalue weighted by molar-refractivity contribution is -0.112. The summed E-state index contributed by atoms with van der Waals surface area (Å²) in [6.45, 7) is 3.97. The molecule has 2 heterocycles. The first-order valence-corrected chi connectivity index (χ1v) is 9.06. The highest BCUT2D eigenvalue weighted by Crippen LogP contribution is 2.28. The summed E-state index contributed by atoms with van der Waals surface area (Å²) >= 11 is 1.37. The van der Waals surface area contributed by atoms with Gasteiger partial charge in [-0.05, 0) is 73.1 Å². The number of nitrogens with one attached hydrogen (secondary N) is 1. The third-order valence-corrected chi connectivity index (χ3v) is 4.73. The Kier molecular flexibility index (Phi) is 5.74. The third kappa shape index (κ3) is 4.87. The van der Waals surface area contributed by atoms with Gasteiger partial charge in [0.05, 0.1) is 0 Å². The van der Waals surface area contributed by atoms with Gasteiger partial charge in [0, 0.05) is 18.0 Å². The van der Waals surface area contributed by atoms with Gasteiger partial charge in [0.25, 0.3) is 5.91 Å². The Balaban J connectivity index is 1.73. The zero-order valence-corrected chi connectivity index (χ0v) is 15.7. The molecule has 0 aliphatic carbocycles. The van der Waals surface area contributed by atoms with E-state index in [-0.39, 0.29) is 5.57 Å². The van der Waals surface area contributed by atoms with Gasteiger partial charge in [-0.25, -0.2) is 4.98 Å². The monoisotopic (exact) mass is 375 g/mol. The largest absolute Gasteiger partial charge is 0.450 e. The van der Waals surface area contributed by atoms with Crippen LogP contribution in [0.4, 0.5) is 5.69 Å². The van der Waals surface area contributed by atoms with Crippen molar-refractivity contribution in [1.82, 2.24) is 4.98 Å². The van der Waals surface area contributed by atoms with Gasteiger partial charge in [-0.2, -0.15) is 5.26 Å². The molecular weight excluding hydrogens is 358 g/mol. The average Bonchev–Trinajstić information content (AvgIpc) is 3.10. The van der Waals surface area contributed by atoms with Crippen LogP contribution < -0.4 is 5.32 Å². The van der Waals surface area contributed by atoms with E-state index in [2.05, 4.69) is 10.3 Å². The van der Waals surface area contributed by atoms with Crippen LogP contribution in [0.5, 0.6) is 0 Å². The van der Waals surface area contributed by atoms with Gasteiger partial charge in [0.2, 0.25) is 0 Å². The van der Waals surface area contributed by atoms with Crippen molar-refractivity contribution in [2.75, 3.05) is 5.32 Å². The van der Waals surface area contributed by atoms with Crippen molar-refractivity contribution in [1.29, 1.82) is 5.26 Å². The van der Waals surface area contributed by atoms with E-state index in [9.17, 15) is 10.1 Å². The van der Waals surface area contributed by atoms with Crippen molar-refractivity contribution in [3.05, 3.63) is 77.2 Å². The Morgan fingerprint density at radius 1 is 1.19 bits per heavy atom. The number of aromatic nitrogens is 1. The molecule has 0 spiro atoms. The summed E-state index contributed by atoms with van der Waals surface area (Å²) < 4.78 is 5.67. The van der Waals surface area contributed by atoms with Gasteiger partial charge in [0.15, 0.2) is 5.09 Å². The van der Waals surface area contributed by atoms with Crippen molar-refractivity contribution >= 4 is 29.4 Å². The topological polar surface area (TPSA) is 78.9 Å². The van der Waals surface area contributed by atoms with Crippen LogP contribution >= 0.6 is 11.8 Å². The number of benzene rings is 1. The molecule has 0 fully saturated rings. The van der Waals surface area contributed by atoms with E-state index in [0.717, 1.165) is 16.2 Å². The predicted molar refractivity (Wildman–Crippen MR) is 105 cm³/mol. The van der Waals surface area contributed by atoms with E-state index in [0.29, 0.717) is 16.5 Å². The van der Waals surface area contributed by atoms with Crippen molar-refractivity contribution in [3.63, 3.8) is 0 Å². The van der Waals surface area contributed by atoms with Crippen LogP contribution in [0.25, 0.3) is 6.08 Å². The molecule has 0 aliphatic rings. The van der Waals surface area contributed by atoms with E-state index < -0.39 is 5.91 Å². The van der Waals surface area contributed by atoms with Gasteiger partial charge >= 0.3 is 0 Å². The highest BCUT2D eigenvalue weighted by atomic mass is 32.2. The SMILES string of the molecule is Cc1ccc(NC(=O)/C(C#N)=C/c2ccc(Sc3ccccn3)o2)cc1C. The molecule has 27 heavy (non-hydrogen) atoms. The predicted octanol–water partition coefficient (Wildman–Crippen LogP) is 4.99. The molecule has 1 N–H and O–H groups in total. The quantitative estimate of drug-likeness (QED) is 0.502. The molecule has 0 radical (unpaired) electrons. The van der Waals surface area contributed by atoms with Crippen LogP contribution in [-0.2, 0) is 4.79 Å². The van der Waals surface area contributed by atoms with Crippen molar-refractivity contribution < 1.29 is 9.21 Å². The zero-order chi connectivity index (χ0) is 19.2. The second-order valence-corrected chi connectivity index (χ2v) is 6.87. The number of hydrogen-bond acceptors (Lipinski definition) is 5. The van der Waals surface area contributed by atoms with Gasteiger partial charge in [-0.3, -0.25) is 4.79 Å². The molecule has 0 saturated heterocycles. The Bertz CT molecular complexity index is 1030. The summed E-state index contributed by atoms with van der Waals surface area (Å²) in [4.78, 5) is 16.6. The molecule has 5 nitrogen and oxygen atoms in total. The summed E-state index contributed by atoms with van der Waals surface area (Å²) in [6, 6.07) is 16.6. The fourth-order valence-electron chi connectivity index (χ4n) is 2.29. The summed E-state index contributed by atoms with van der Waals surface area (Å²) in [5, 5.41) is 13.5. The first-order chi connectivity index (χ1) is 13.0. The van der Waals surface area contributed by atoms with E-state index in [1.807, 2.05) is 56.3 Å². The molecule has 6 heteroatoms. The molecule has 0 unspecified atom stereocenters. The number of carbonyl (C=O) groups is 1. The van der Waals surface area contributed by atoms with Crippen LogP contribution in [-0.4, -0.2) is 10.9 Å². The smallest absolute Gasteiger partial charge is 0.266 e. The number of amides is 1. The molecule has 1 aromatic carbocycles. The first kappa shape index (κ1) is 18.5. The number of anilines is 1. The molecule has 134 valence electrons. The van der Waals surface area contributed by atoms with E-state index in [4.69, 9.17) is 4.42 Å². The minimum absolute atomic E-state index is 0.0306. The number of nitriles is 1. The molecular formula is C21H17N3O2S. The Hall–Kier alpha value is -3.30. The third-order valence-electron chi connectivity index (χ3n) is 3.86. The van der Waals surface area contributed by atoms with Crippen molar-refractivity contribution in [3.8, 4) is 6.07 Å². The zero-order valence-electron chi connectivity index (χ0n) is 14.9. The number of carbonyl (C=O) groups excluding carboxylic acids is 1. The molecule has 0 saturated carbocycles. The number of nitrogens with zero attached hydrogens (tertiary/aromatic N) is 2. The fourth-order valence-corrected chi connectivity index (χ4v) is 3.03. The second-order valence-electron chi connectivity index (χ2n) is 5.85.